The molecule has 1 aromatic rings. The molecule has 4 nitrogen and oxygen atoms in total. The molecule has 0 fully saturated rings. The zero-order valence-electron chi connectivity index (χ0n) is 13.0. The molecule has 1 heterocycles. The fraction of sp³-hybridized carbons (Fsp3) is 0.625. The summed E-state index contributed by atoms with van der Waals surface area (Å²) in [4.78, 5) is 0. The van der Waals surface area contributed by atoms with Crippen molar-refractivity contribution in [1.29, 1.82) is 0 Å². The second-order valence-electron chi connectivity index (χ2n) is 5.40. The molecular formula is C16H25NO3S. The largest absolute Gasteiger partial charge is 0.454 e. The van der Waals surface area contributed by atoms with E-state index in [-0.39, 0.29) is 17.4 Å². The molecule has 1 aliphatic heterocycles. The highest BCUT2D eigenvalue weighted by atomic mass is 32.2. The lowest BCUT2D eigenvalue weighted by atomic mass is 10.1. The van der Waals surface area contributed by atoms with Gasteiger partial charge in [-0.15, -0.1) is 0 Å². The van der Waals surface area contributed by atoms with Crippen molar-refractivity contribution in [2.24, 2.45) is 0 Å². The summed E-state index contributed by atoms with van der Waals surface area (Å²) in [5.41, 5.74) is 1.21. The smallest absolute Gasteiger partial charge is 0.231 e. The Labute approximate surface area is 131 Å². The average Bonchev–Trinajstić information content (AvgIpc) is 2.94. The Kier molecular flexibility index (Phi) is 6.21. The quantitative estimate of drug-likeness (QED) is 0.773. The van der Waals surface area contributed by atoms with Crippen LogP contribution in [-0.4, -0.2) is 35.6 Å². The van der Waals surface area contributed by atoms with Gasteiger partial charge in [0.05, 0.1) is 6.10 Å². The van der Waals surface area contributed by atoms with Crippen molar-refractivity contribution in [2.75, 3.05) is 19.1 Å². The van der Waals surface area contributed by atoms with Gasteiger partial charge < -0.3 is 19.9 Å². The van der Waals surface area contributed by atoms with E-state index in [0.717, 1.165) is 30.2 Å². The molecule has 1 aromatic carbocycles. The molecule has 0 radical (unpaired) electrons. The van der Waals surface area contributed by atoms with Crippen LogP contribution in [0.25, 0.3) is 0 Å². The first kappa shape index (κ1) is 16.5. The van der Waals surface area contributed by atoms with Gasteiger partial charge in [-0.05, 0) is 37.6 Å². The Morgan fingerprint density at radius 3 is 2.76 bits per heavy atom. The maximum atomic E-state index is 9.63. The zero-order chi connectivity index (χ0) is 15.2. The molecule has 1 aliphatic rings. The molecule has 118 valence electrons. The van der Waals surface area contributed by atoms with Crippen molar-refractivity contribution >= 4 is 11.8 Å². The summed E-state index contributed by atoms with van der Waals surface area (Å²) in [6.45, 7) is 7.34. The summed E-state index contributed by atoms with van der Waals surface area (Å²) in [6, 6.07) is 6.38. The number of aliphatic hydroxyl groups is 1. The van der Waals surface area contributed by atoms with E-state index in [9.17, 15) is 5.11 Å². The van der Waals surface area contributed by atoms with Gasteiger partial charge in [0, 0.05) is 17.0 Å². The van der Waals surface area contributed by atoms with Gasteiger partial charge in [-0.1, -0.05) is 19.9 Å². The minimum Gasteiger partial charge on any atom is -0.454 e. The standard InChI is InChI=1S/C16H25NO3S/c1-4-7-17-14(9-21-12(3)11(2)18)13-5-6-15-16(8-13)20-10-19-15/h5-6,8,11-12,14,17-18H,4,7,9-10H2,1-3H3. The van der Waals surface area contributed by atoms with Crippen molar-refractivity contribution in [1.82, 2.24) is 5.32 Å². The number of nitrogens with one attached hydrogen (secondary N) is 1. The number of benzene rings is 1. The van der Waals surface area contributed by atoms with Gasteiger partial charge in [-0.3, -0.25) is 0 Å². The molecule has 21 heavy (non-hydrogen) atoms. The lowest BCUT2D eigenvalue weighted by Crippen LogP contribution is -2.26. The van der Waals surface area contributed by atoms with Crippen LogP contribution in [-0.2, 0) is 0 Å². The third-order valence-corrected chi connectivity index (χ3v) is 5.09. The van der Waals surface area contributed by atoms with E-state index in [1.165, 1.54) is 5.56 Å². The van der Waals surface area contributed by atoms with Crippen LogP contribution in [0.3, 0.4) is 0 Å². The predicted molar refractivity (Wildman–Crippen MR) is 87.2 cm³/mol. The van der Waals surface area contributed by atoms with E-state index in [1.807, 2.05) is 13.0 Å². The van der Waals surface area contributed by atoms with Crippen molar-refractivity contribution in [3.8, 4) is 11.5 Å². The van der Waals surface area contributed by atoms with Crippen LogP contribution in [0.1, 0.15) is 38.8 Å². The second kappa shape index (κ2) is 7.92. The van der Waals surface area contributed by atoms with E-state index in [2.05, 4.69) is 31.3 Å². The van der Waals surface area contributed by atoms with Crippen LogP contribution in [0.15, 0.2) is 18.2 Å². The highest BCUT2D eigenvalue weighted by molar-refractivity contribution is 7.99. The molecular weight excluding hydrogens is 286 g/mol. The molecule has 2 N–H and O–H groups in total. The van der Waals surface area contributed by atoms with Gasteiger partial charge >= 0.3 is 0 Å². The van der Waals surface area contributed by atoms with E-state index in [1.54, 1.807) is 11.8 Å². The monoisotopic (exact) mass is 311 g/mol. The first-order chi connectivity index (χ1) is 10.1. The van der Waals surface area contributed by atoms with Crippen LogP contribution in [0.5, 0.6) is 11.5 Å². The molecule has 0 bridgehead atoms. The maximum absolute atomic E-state index is 9.63. The summed E-state index contributed by atoms with van der Waals surface area (Å²) >= 11 is 1.79. The van der Waals surface area contributed by atoms with Crippen LogP contribution in [0.4, 0.5) is 0 Å². The molecule has 0 saturated heterocycles. The van der Waals surface area contributed by atoms with E-state index in [4.69, 9.17) is 9.47 Å². The molecule has 2 rings (SSSR count). The number of rotatable bonds is 8. The van der Waals surface area contributed by atoms with Crippen LogP contribution in [0, 0.1) is 0 Å². The van der Waals surface area contributed by atoms with Gasteiger partial charge in [0.25, 0.3) is 0 Å². The molecule has 0 aromatic heterocycles. The van der Waals surface area contributed by atoms with E-state index in [0.29, 0.717) is 6.79 Å². The van der Waals surface area contributed by atoms with Crippen LogP contribution in [0.2, 0.25) is 0 Å². The second-order valence-corrected chi connectivity index (χ2v) is 6.81. The van der Waals surface area contributed by atoms with Crippen molar-refractivity contribution in [3.63, 3.8) is 0 Å². The number of thioether (sulfide) groups is 1. The van der Waals surface area contributed by atoms with Gasteiger partial charge in [0.1, 0.15) is 0 Å². The highest BCUT2D eigenvalue weighted by Crippen LogP contribution is 2.35. The maximum Gasteiger partial charge on any atom is 0.231 e. The summed E-state index contributed by atoms with van der Waals surface area (Å²) in [7, 11) is 0. The van der Waals surface area contributed by atoms with E-state index < -0.39 is 0 Å². The fourth-order valence-electron chi connectivity index (χ4n) is 2.11. The van der Waals surface area contributed by atoms with Crippen molar-refractivity contribution in [3.05, 3.63) is 23.8 Å². The SMILES string of the molecule is CCCNC(CSC(C)C(C)O)c1ccc2c(c1)OCO2. The third kappa shape index (κ3) is 4.53. The molecule has 0 saturated carbocycles. The minimum atomic E-state index is -0.293. The summed E-state index contributed by atoms with van der Waals surface area (Å²) in [6.07, 6.45) is 0.802. The first-order valence-electron chi connectivity index (χ1n) is 7.54. The lowest BCUT2D eigenvalue weighted by molar-refractivity contribution is 0.174. The fourth-order valence-corrected chi connectivity index (χ4v) is 3.19. The lowest BCUT2D eigenvalue weighted by Gasteiger charge is -2.22. The number of aliphatic hydroxyl groups excluding tert-OH is 1. The molecule has 0 spiro atoms. The molecule has 0 amide bonds. The summed E-state index contributed by atoms with van der Waals surface area (Å²) < 4.78 is 10.8. The normalized spacial score (nSPS) is 17.5. The third-order valence-electron chi connectivity index (χ3n) is 3.64. The molecule has 3 atom stereocenters. The van der Waals surface area contributed by atoms with Crippen molar-refractivity contribution < 1.29 is 14.6 Å². The van der Waals surface area contributed by atoms with Gasteiger partial charge in [-0.25, -0.2) is 0 Å². The Morgan fingerprint density at radius 2 is 2.05 bits per heavy atom. The molecule has 5 heteroatoms. The van der Waals surface area contributed by atoms with Crippen LogP contribution >= 0.6 is 11.8 Å². The summed E-state index contributed by atoms with van der Waals surface area (Å²) in [5.74, 6) is 2.56. The van der Waals surface area contributed by atoms with Gasteiger partial charge in [0.2, 0.25) is 6.79 Å². The number of fused-ring (bicyclic) bond motifs is 1. The average molecular weight is 311 g/mol. The van der Waals surface area contributed by atoms with Crippen LogP contribution < -0.4 is 14.8 Å². The highest BCUT2D eigenvalue weighted by Gasteiger charge is 2.19. The van der Waals surface area contributed by atoms with Gasteiger partial charge in [-0.2, -0.15) is 11.8 Å². The zero-order valence-corrected chi connectivity index (χ0v) is 13.8. The molecule has 0 aliphatic carbocycles. The Balaban J connectivity index is 2.04. The summed E-state index contributed by atoms with van der Waals surface area (Å²) in [5, 5.41) is 13.4. The topological polar surface area (TPSA) is 50.7 Å². The van der Waals surface area contributed by atoms with E-state index >= 15 is 0 Å². The Morgan fingerprint density at radius 1 is 1.29 bits per heavy atom. The number of hydrogen-bond donors (Lipinski definition) is 2. The van der Waals surface area contributed by atoms with Crippen molar-refractivity contribution in [2.45, 2.75) is 44.6 Å². The minimum absolute atomic E-state index is 0.227. The Bertz CT molecular complexity index is 453. The first-order valence-corrected chi connectivity index (χ1v) is 8.59. The number of hydrogen-bond acceptors (Lipinski definition) is 5. The predicted octanol–water partition coefficient (Wildman–Crippen LogP) is 2.96. The number of ether oxygens (including phenoxy) is 2. The molecule has 3 unspecified atom stereocenters. The Hall–Kier alpha value is -0.910. The van der Waals surface area contributed by atoms with Gasteiger partial charge in [0.15, 0.2) is 11.5 Å².